The fourth-order valence-corrected chi connectivity index (χ4v) is 2.29. The number of amides is 1. The molecule has 0 spiro atoms. The predicted octanol–water partition coefficient (Wildman–Crippen LogP) is 2.81. The summed E-state index contributed by atoms with van der Waals surface area (Å²) >= 11 is 9.22. The third kappa shape index (κ3) is 3.58. The third-order valence-electron chi connectivity index (χ3n) is 2.73. The topological polar surface area (TPSA) is 46.9 Å². The molecule has 2 aromatic rings. The Morgan fingerprint density at radius 3 is 3.00 bits per heavy atom. The lowest BCUT2D eigenvalue weighted by Gasteiger charge is -2.07. The van der Waals surface area contributed by atoms with Crippen LogP contribution in [0.15, 0.2) is 35.1 Å². The lowest BCUT2D eigenvalue weighted by Crippen LogP contribution is -2.26. The minimum Gasteiger partial charge on any atom is -0.352 e. The second-order valence-electron chi connectivity index (χ2n) is 4.08. The van der Waals surface area contributed by atoms with Crippen LogP contribution < -0.4 is 5.32 Å². The maximum absolute atomic E-state index is 12.0. The normalized spacial score (nSPS) is 10.5. The molecule has 1 aromatic heterocycles. The number of aromatic nitrogens is 2. The number of halogens is 2. The molecule has 0 unspecified atom stereocenters. The quantitative estimate of drug-likeness (QED) is 0.929. The molecule has 1 heterocycles. The summed E-state index contributed by atoms with van der Waals surface area (Å²) in [6.07, 6.45) is 4.31. The van der Waals surface area contributed by atoms with Gasteiger partial charge in [0.25, 0.3) is 5.91 Å². The van der Waals surface area contributed by atoms with Crippen LogP contribution in [0.5, 0.6) is 0 Å². The monoisotopic (exact) mass is 341 g/mol. The van der Waals surface area contributed by atoms with E-state index in [0.29, 0.717) is 23.6 Å². The molecule has 0 aliphatic carbocycles. The van der Waals surface area contributed by atoms with Crippen molar-refractivity contribution in [1.82, 2.24) is 14.9 Å². The summed E-state index contributed by atoms with van der Waals surface area (Å²) in [6.45, 7) is 0.530. The van der Waals surface area contributed by atoms with Crippen LogP contribution in [0.4, 0.5) is 0 Å². The minimum absolute atomic E-state index is 0.149. The van der Waals surface area contributed by atoms with Crippen LogP contribution in [-0.4, -0.2) is 22.0 Å². The van der Waals surface area contributed by atoms with E-state index in [-0.39, 0.29) is 5.91 Å². The Morgan fingerprint density at radius 1 is 1.53 bits per heavy atom. The zero-order valence-corrected chi connectivity index (χ0v) is 12.7. The number of aryl methyl sites for hydroxylation is 1. The van der Waals surface area contributed by atoms with E-state index in [1.165, 1.54) is 0 Å². The Bertz CT molecular complexity index is 597. The molecule has 100 valence electrons. The van der Waals surface area contributed by atoms with Gasteiger partial charge in [-0.2, -0.15) is 0 Å². The van der Waals surface area contributed by atoms with E-state index in [4.69, 9.17) is 11.6 Å². The molecule has 4 nitrogen and oxygen atoms in total. The molecule has 0 saturated carbocycles. The van der Waals surface area contributed by atoms with Crippen molar-refractivity contribution in [3.05, 3.63) is 51.5 Å². The van der Waals surface area contributed by atoms with Crippen LogP contribution in [0, 0.1) is 0 Å². The van der Waals surface area contributed by atoms with Gasteiger partial charge in [-0.25, -0.2) is 4.98 Å². The number of carbonyl (C=O) groups is 1. The molecule has 0 radical (unpaired) electrons. The maximum Gasteiger partial charge on any atom is 0.252 e. The Kier molecular flexibility index (Phi) is 4.61. The van der Waals surface area contributed by atoms with Gasteiger partial charge in [0.05, 0.1) is 5.56 Å². The van der Waals surface area contributed by atoms with Gasteiger partial charge in [-0.15, -0.1) is 0 Å². The predicted molar refractivity (Wildman–Crippen MR) is 78.4 cm³/mol. The molecular weight excluding hydrogens is 330 g/mol. The van der Waals surface area contributed by atoms with E-state index in [2.05, 4.69) is 26.2 Å². The zero-order valence-electron chi connectivity index (χ0n) is 10.4. The average molecular weight is 343 g/mol. The van der Waals surface area contributed by atoms with Gasteiger partial charge in [0.2, 0.25) is 0 Å². The van der Waals surface area contributed by atoms with Crippen molar-refractivity contribution in [3.8, 4) is 0 Å². The average Bonchev–Trinajstić information content (AvgIpc) is 2.78. The van der Waals surface area contributed by atoms with E-state index in [0.717, 1.165) is 10.3 Å². The first-order valence-electron chi connectivity index (χ1n) is 5.77. The Morgan fingerprint density at radius 2 is 2.32 bits per heavy atom. The van der Waals surface area contributed by atoms with E-state index >= 15 is 0 Å². The molecule has 2 rings (SSSR count). The van der Waals surface area contributed by atoms with Crippen LogP contribution >= 0.6 is 27.5 Å². The fourth-order valence-electron chi connectivity index (χ4n) is 1.69. The first-order chi connectivity index (χ1) is 9.08. The summed E-state index contributed by atoms with van der Waals surface area (Å²) < 4.78 is 2.66. The van der Waals surface area contributed by atoms with Gasteiger partial charge in [0.15, 0.2) is 0 Å². The lowest BCUT2D eigenvalue weighted by molar-refractivity contribution is 0.0953. The summed E-state index contributed by atoms with van der Waals surface area (Å²) in [5, 5.41) is 3.39. The van der Waals surface area contributed by atoms with Crippen molar-refractivity contribution in [3.63, 3.8) is 0 Å². The second-order valence-corrected chi connectivity index (χ2v) is 5.38. The van der Waals surface area contributed by atoms with Gasteiger partial charge >= 0.3 is 0 Å². The van der Waals surface area contributed by atoms with E-state index in [1.807, 2.05) is 17.8 Å². The number of benzene rings is 1. The number of hydrogen-bond acceptors (Lipinski definition) is 2. The van der Waals surface area contributed by atoms with Crippen LogP contribution in [0.1, 0.15) is 16.2 Å². The largest absolute Gasteiger partial charge is 0.352 e. The second kappa shape index (κ2) is 6.21. The SMILES string of the molecule is Cn1ccnc1CCNC(=O)c1cc(Cl)ccc1Br. The maximum atomic E-state index is 12.0. The Hall–Kier alpha value is -1.33. The highest BCUT2D eigenvalue weighted by Crippen LogP contribution is 2.20. The van der Waals surface area contributed by atoms with Crippen LogP contribution in [0.25, 0.3) is 0 Å². The van der Waals surface area contributed by atoms with Crippen molar-refractivity contribution in [2.45, 2.75) is 6.42 Å². The van der Waals surface area contributed by atoms with Gasteiger partial charge in [0, 0.05) is 41.9 Å². The number of imidazole rings is 1. The highest BCUT2D eigenvalue weighted by atomic mass is 79.9. The summed E-state index contributed by atoms with van der Waals surface area (Å²) in [7, 11) is 1.93. The molecule has 0 fully saturated rings. The number of hydrogen-bond donors (Lipinski definition) is 1. The van der Waals surface area contributed by atoms with Crippen LogP contribution in [-0.2, 0) is 13.5 Å². The van der Waals surface area contributed by atoms with Crippen LogP contribution in [0.2, 0.25) is 5.02 Å². The summed E-state index contributed by atoms with van der Waals surface area (Å²) in [5.41, 5.74) is 0.535. The van der Waals surface area contributed by atoms with Crippen molar-refractivity contribution in [2.24, 2.45) is 7.05 Å². The summed E-state index contributed by atoms with van der Waals surface area (Å²) in [6, 6.07) is 5.13. The van der Waals surface area contributed by atoms with Crippen LogP contribution in [0.3, 0.4) is 0 Å². The smallest absolute Gasteiger partial charge is 0.252 e. The molecule has 1 aromatic carbocycles. The van der Waals surface area contributed by atoms with Gasteiger partial charge in [-0.1, -0.05) is 11.6 Å². The minimum atomic E-state index is -0.149. The molecule has 1 N–H and O–H groups in total. The standard InChI is InChI=1S/C13H13BrClN3O/c1-18-7-6-16-12(18)4-5-17-13(19)10-8-9(15)2-3-11(10)14/h2-3,6-8H,4-5H2,1H3,(H,17,19). The van der Waals surface area contributed by atoms with Crippen molar-refractivity contribution in [1.29, 1.82) is 0 Å². The molecule has 1 amide bonds. The first kappa shape index (κ1) is 14.1. The van der Waals surface area contributed by atoms with Crippen molar-refractivity contribution >= 4 is 33.4 Å². The first-order valence-corrected chi connectivity index (χ1v) is 6.94. The van der Waals surface area contributed by atoms with Gasteiger partial charge < -0.3 is 9.88 Å². The fraction of sp³-hybridized carbons (Fsp3) is 0.231. The van der Waals surface area contributed by atoms with E-state index < -0.39 is 0 Å². The molecule has 0 saturated heterocycles. The Balaban J connectivity index is 1.94. The summed E-state index contributed by atoms with van der Waals surface area (Å²) in [5.74, 6) is 0.786. The van der Waals surface area contributed by atoms with Gasteiger partial charge in [-0.05, 0) is 34.1 Å². The number of carbonyl (C=O) groups excluding carboxylic acids is 1. The van der Waals surface area contributed by atoms with Crippen molar-refractivity contribution < 1.29 is 4.79 Å². The van der Waals surface area contributed by atoms with Crippen molar-refractivity contribution in [2.75, 3.05) is 6.54 Å². The van der Waals surface area contributed by atoms with Gasteiger partial charge in [-0.3, -0.25) is 4.79 Å². The Labute approximate surface area is 124 Å². The molecule has 0 aliphatic rings. The molecule has 0 atom stereocenters. The number of nitrogens with one attached hydrogen (secondary N) is 1. The third-order valence-corrected chi connectivity index (χ3v) is 3.65. The molecule has 6 heteroatoms. The summed E-state index contributed by atoms with van der Waals surface area (Å²) in [4.78, 5) is 16.2. The lowest BCUT2D eigenvalue weighted by atomic mass is 10.2. The molecular formula is C13H13BrClN3O. The number of rotatable bonds is 4. The number of nitrogens with zero attached hydrogens (tertiary/aromatic N) is 2. The van der Waals surface area contributed by atoms with Gasteiger partial charge in [0.1, 0.15) is 5.82 Å². The highest BCUT2D eigenvalue weighted by Gasteiger charge is 2.10. The zero-order chi connectivity index (χ0) is 13.8. The van der Waals surface area contributed by atoms with E-state index in [1.54, 1.807) is 24.4 Å². The van der Waals surface area contributed by atoms with E-state index in [9.17, 15) is 4.79 Å². The molecule has 19 heavy (non-hydrogen) atoms. The molecule has 0 aliphatic heterocycles. The molecule has 0 bridgehead atoms. The highest BCUT2D eigenvalue weighted by molar-refractivity contribution is 9.10.